The average Bonchev–Trinajstić information content (AvgIpc) is 2.96. The van der Waals surface area contributed by atoms with E-state index in [2.05, 4.69) is 5.32 Å². The Morgan fingerprint density at radius 2 is 1.88 bits per heavy atom. The van der Waals surface area contributed by atoms with Crippen LogP contribution >= 0.6 is 11.8 Å². The molecule has 1 aromatic carbocycles. The van der Waals surface area contributed by atoms with Crippen molar-refractivity contribution in [1.82, 2.24) is 15.1 Å². The number of benzene rings is 1. The van der Waals surface area contributed by atoms with Crippen LogP contribution < -0.4 is 5.32 Å². The van der Waals surface area contributed by atoms with Gasteiger partial charge in [-0.3, -0.25) is 4.79 Å². The number of urea groups is 1. The zero-order valence-corrected chi connectivity index (χ0v) is 16.4. The van der Waals surface area contributed by atoms with Gasteiger partial charge in [0.15, 0.2) is 0 Å². The van der Waals surface area contributed by atoms with Gasteiger partial charge >= 0.3 is 6.03 Å². The van der Waals surface area contributed by atoms with E-state index in [1.165, 1.54) is 12.1 Å². The fraction of sp³-hybridized carbons (Fsp3) is 0.579. The summed E-state index contributed by atoms with van der Waals surface area (Å²) in [4.78, 5) is 28.7. The molecule has 26 heavy (non-hydrogen) atoms. The van der Waals surface area contributed by atoms with Gasteiger partial charge in [0.05, 0.1) is 4.87 Å². The van der Waals surface area contributed by atoms with Crippen LogP contribution in [0.3, 0.4) is 0 Å². The number of hydrogen-bond donors (Lipinski definition) is 1. The van der Waals surface area contributed by atoms with Crippen LogP contribution in [0.25, 0.3) is 0 Å². The van der Waals surface area contributed by atoms with Gasteiger partial charge < -0.3 is 15.1 Å². The summed E-state index contributed by atoms with van der Waals surface area (Å²) in [6, 6.07) is 5.81. The largest absolute Gasteiger partial charge is 0.333 e. The first-order chi connectivity index (χ1) is 12.2. The summed E-state index contributed by atoms with van der Waals surface area (Å²) in [5, 5.41) is 2.99. The molecule has 3 amide bonds. The Morgan fingerprint density at radius 3 is 2.50 bits per heavy atom. The van der Waals surface area contributed by atoms with E-state index in [0.717, 1.165) is 18.6 Å². The van der Waals surface area contributed by atoms with Crippen LogP contribution in [0.5, 0.6) is 0 Å². The van der Waals surface area contributed by atoms with Gasteiger partial charge in [0.25, 0.3) is 5.91 Å². The second-order valence-electron chi connectivity index (χ2n) is 7.93. The van der Waals surface area contributed by atoms with E-state index in [1.807, 2.05) is 30.6 Å². The van der Waals surface area contributed by atoms with Gasteiger partial charge in [-0.1, -0.05) is 6.07 Å². The molecule has 0 aliphatic carbocycles. The summed E-state index contributed by atoms with van der Waals surface area (Å²) in [5.74, 6) is 0.349. The highest BCUT2D eigenvalue weighted by Gasteiger charge is 2.47. The van der Waals surface area contributed by atoms with Crippen molar-refractivity contribution in [3.8, 4) is 0 Å². The predicted octanol–water partition coefficient (Wildman–Crippen LogP) is 3.31. The number of thioether (sulfide) groups is 1. The van der Waals surface area contributed by atoms with Gasteiger partial charge in [-0.25, -0.2) is 9.18 Å². The normalized spacial score (nSPS) is 19.7. The molecule has 2 aliphatic heterocycles. The number of piperidine rings is 1. The SMILES string of the molecule is CC(C)(C)NC(=O)N1CCC2(CC1)SCCN2C(=O)c1cccc(F)c1. The zero-order valence-electron chi connectivity index (χ0n) is 15.5. The number of carbonyl (C=O) groups excluding carboxylic acids is 2. The van der Waals surface area contributed by atoms with Gasteiger partial charge in [0.2, 0.25) is 0 Å². The van der Waals surface area contributed by atoms with Crippen molar-refractivity contribution in [2.75, 3.05) is 25.4 Å². The maximum atomic E-state index is 13.5. The van der Waals surface area contributed by atoms with Crippen molar-refractivity contribution in [2.45, 2.75) is 44.0 Å². The van der Waals surface area contributed by atoms with E-state index in [0.29, 0.717) is 25.2 Å². The Bertz CT molecular complexity index is 696. The van der Waals surface area contributed by atoms with E-state index in [9.17, 15) is 14.0 Å². The molecule has 1 spiro atoms. The number of nitrogens with one attached hydrogen (secondary N) is 1. The van der Waals surface area contributed by atoms with Crippen LogP contribution in [-0.4, -0.2) is 57.5 Å². The number of carbonyl (C=O) groups is 2. The maximum Gasteiger partial charge on any atom is 0.317 e. The molecule has 7 heteroatoms. The third-order valence-electron chi connectivity index (χ3n) is 4.81. The summed E-state index contributed by atoms with van der Waals surface area (Å²) in [7, 11) is 0. The Kier molecular flexibility index (Phi) is 5.19. The van der Waals surface area contributed by atoms with Crippen LogP contribution in [-0.2, 0) is 0 Å². The van der Waals surface area contributed by atoms with Crippen molar-refractivity contribution in [3.05, 3.63) is 35.6 Å². The molecular weight excluding hydrogens is 353 g/mol. The quantitative estimate of drug-likeness (QED) is 0.814. The van der Waals surface area contributed by atoms with Crippen molar-refractivity contribution in [3.63, 3.8) is 0 Å². The van der Waals surface area contributed by atoms with Crippen molar-refractivity contribution in [2.24, 2.45) is 0 Å². The summed E-state index contributed by atoms with van der Waals surface area (Å²) in [6.07, 6.45) is 1.46. The van der Waals surface area contributed by atoms with Gasteiger partial charge in [-0.15, -0.1) is 11.8 Å². The first-order valence-electron chi connectivity index (χ1n) is 8.99. The van der Waals surface area contributed by atoms with Gasteiger partial charge in [-0.05, 0) is 51.8 Å². The molecule has 1 aromatic rings. The molecular formula is C19H26FN3O2S. The second kappa shape index (κ2) is 7.10. The molecule has 1 N–H and O–H groups in total. The van der Waals surface area contributed by atoms with E-state index in [-0.39, 0.29) is 22.3 Å². The maximum absolute atomic E-state index is 13.5. The highest BCUT2D eigenvalue weighted by Crippen LogP contribution is 2.44. The minimum atomic E-state index is -0.398. The third-order valence-corrected chi connectivity index (χ3v) is 6.36. The highest BCUT2D eigenvalue weighted by molar-refractivity contribution is 8.00. The van der Waals surface area contributed by atoms with E-state index in [4.69, 9.17) is 0 Å². The van der Waals surface area contributed by atoms with Crippen LogP contribution in [0.2, 0.25) is 0 Å². The number of rotatable bonds is 1. The third kappa shape index (κ3) is 3.98. The molecule has 2 fully saturated rings. The molecule has 2 aliphatic rings. The highest BCUT2D eigenvalue weighted by atomic mass is 32.2. The smallest absolute Gasteiger partial charge is 0.317 e. The topological polar surface area (TPSA) is 52.7 Å². The molecule has 3 rings (SSSR count). The van der Waals surface area contributed by atoms with E-state index in [1.54, 1.807) is 23.9 Å². The van der Waals surface area contributed by atoms with E-state index < -0.39 is 5.82 Å². The summed E-state index contributed by atoms with van der Waals surface area (Å²) in [6.45, 7) is 7.77. The number of halogens is 1. The van der Waals surface area contributed by atoms with Crippen LogP contribution in [0, 0.1) is 5.82 Å². The Morgan fingerprint density at radius 1 is 1.19 bits per heavy atom. The summed E-state index contributed by atoms with van der Waals surface area (Å²) >= 11 is 1.78. The van der Waals surface area contributed by atoms with Crippen LogP contribution in [0.15, 0.2) is 24.3 Å². The van der Waals surface area contributed by atoms with Gasteiger partial charge in [0.1, 0.15) is 5.82 Å². The summed E-state index contributed by atoms with van der Waals surface area (Å²) < 4.78 is 13.5. The van der Waals surface area contributed by atoms with E-state index >= 15 is 0 Å². The minimum Gasteiger partial charge on any atom is -0.333 e. The Hall–Kier alpha value is -1.76. The lowest BCUT2D eigenvalue weighted by Crippen LogP contribution is -2.56. The van der Waals surface area contributed by atoms with Gasteiger partial charge in [-0.2, -0.15) is 0 Å². The molecule has 0 saturated carbocycles. The van der Waals surface area contributed by atoms with Crippen molar-refractivity contribution < 1.29 is 14.0 Å². The Balaban J connectivity index is 1.69. The number of amides is 3. The fourth-order valence-corrected chi connectivity index (χ4v) is 5.00. The lowest BCUT2D eigenvalue weighted by atomic mass is 10.0. The fourth-order valence-electron chi connectivity index (χ4n) is 3.55. The lowest BCUT2D eigenvalue weighted by Gasteiger charge is -2.44. The van der Waals surface area contributed by atoms with Crippen molar-refractivity contribution in [1.29, 1.82) is 0 Å². The van der Waals surface area contributed by atoms with Crippen molar-refractivity contribution >= 4 is 23.7 Å². The molecule has 0 radical (unpaired) electrons. The first-order valence-corrected chi connectivity index (χ1v) is 9.97. The number of hydrogen-bond acceptors (Lipinski definition) is 3. The average molecular weight is 380 g/mol. The molecule has 2 saturated heterocycles. The van der Waals surface area contributed by atoms with Crippen LogP contribution in [0.4, 0.5) is 9.18 Å². The predicted molar refractivity (Wildman–Crippen MR) is 102 cm³/mol. The van der Waals surface area contributed by atoms with Gasteiger partial charge in [0, 0.05) is 36.5 Å². The molecule has 0 atom stereocenters. The molecule has 0 bridgehead atoms. The summed E-state index contributed by atoms with van der Waals surface area (Å²) in [5.41, 5.74) is 0.119. The zero-order chi connectivity index (χ0) is 18.9. The minimum absolute atomic E-state index is 0.0571. The lowest BCUT2D eigenvalue weighted by molar-refractivity contribution is 0.0578. The Labute approximate surface area is 158 Å². The molecule has 0 unspecified atom stereocenters. The first kappa shape index (κ1) is 19.0. The molecule has 5 nitrogen and oxygen atoms in total. The molecule has 0 aromatic heterocycles. The second-order valence-corrected chi connectivity index (χ2v) is 9.39. The molecule has 142 valence electrons. The molecule has 2 heterocycles. The van der Waals surface area contributed by atoms with Crippen LogP contribution in [0.1, 0.15) is 44.0 Å². The monoisotopic (exact) mass is 379 g/mol. The number of nitrogens with zero attached hydrogens (tertiary/aromatic N) is 2. The number of likely N-dealkylation sites (tertiary alicyclic amines) is 1. The standard InChI is InChI=1S/C19H26FN3O2S/c1-18(2,3)21-17(25)22-9-7-19(8-10-22)23(11-12-26-19)16(24)14-5-4-6-15(20)13-14/h4-6,13H,7-12H2,1-3H3,(H,21,25).